The van der Waals surface area contributed by atoms with Gasteiger partial charge in [0.2, 0.25) is 0 Å². The van der Waals surface area contributed by atoms with Gasteiger partial charge < -0.3 is 4.57 Å². The van der Waals surface area contributed by atoms with E-state index in [0.717, 1.165) is 0 Å². The van der Waals surface area contributed by atoms with Crippen LogP contribution >= 0.6 is 0 Å². The molecule has 1 aromatic heterocycles. The molecule has 143 valence electrons. The Hall–Kier alpha value is -1.31. The minimum Gasteiger partial charge on any atom is -0.312 e. The number of hydrogen-bond acceptors (Lipinski definition) is 2. The van der Waals surface area contributed by atoms with Crippen molar-refractivity contribution < 1.29 is 37.1 Å². The number of nitrogens with zero attached hydrogens (tertiary/aromatic N) is 2. The summed E-state index contributed by atoms with van der Waals surface area (Å²) in [4.78, 5) is 11.2. The van der Waals surface area contributed by atoms with Crippen LogP contribution in [0.25, 0.3) is 0 Å². The van der Waals surface area contributed by atoms with Gasteiger partial charge in [0.05, 0.1) is 5.56 Å². The zero-order valence-electron chi connectivity index (χ0n) is 14.0. The summed E-state index contributed by atoms with van der Waals surface area (Å²) >= 11 is 0. The summed E-state index contributed by atoms with van der Waals surface area (Å²) in [5, 5.41) is 8.57. The van der Waals surface area contributed by atoms with Gasteiger partial charge in [-0.3, -0.25) is 4.79 Å². The van der Waals surface area contributed by atoms with E-state index in [1.807, 2.05) is 32.0 Å². The molecule has 2 rings (SSSR count). The van der Waals surface area contributed by atoms with E-state index < -0.39 is 0 Å². The minimum absolute atomic E-state index is 0. The molecule has 0 N–H and O–H groups in total. The fourth-order valence-electron chi connectivity index (χ4n) is 1.82. The predicted octanol–water partition coefficient (Wildman–Crippen LogP) is 6.16. The maximum absolute atomic E-state index is 12.4. The summed E-state index contributed by atoms with van der Waals surface area (Å²) in [6.45, 7) is 7.99. The van der Waals surface area contributed by atoms with E-state index in [0.29, 0.717) is 11.5 Å². The van der Waals surface area contributed by atoms with E-state index in [4.69, 9.17) is 5.26 Å². The molecule has 0 amide bonds. The van der Waals surface area contributed by atoms with Crippen LogP contribution in [0.5, 0.6) is 0 Å². The quantitative estimate of drug-likeness (QED) is 0.565. The first-order valence-electron chi connectivity index (χ1n) is 7.23. The molecule has 0 fully saturated rings. The van der Waals surface area contributed by atoms with Gasteiger partial charge >= 0.3 is 0 Å². The van der Waals surface area contributed by atoms with Crippen molar-refractivity contribution in [2.24, 2.45) is 0 Å². The van der Waals surface area contributed by atoms with Crippen LogP contribution in [0.3, 0.4) is 0 Å². The van der Waals surface area contributed by atoms with E-state index in [1.165, 1.54) is 29.8 Å². The van der Waals surface area contributed by atoms with E-state index in [9.17, 15) is 9.18 Å². The van der Waals surface area contributed by atoms with E-state index in [-0.39, 0.29) is 72.4 Å². The van der Waals surface area contributed by atoms with Crippen molar-refractivity contribution in [3.8, 4) is 6.07 Å². The fourth-order valence-corrected chi connectivity index (χ4v) is 1.82. The van der Waals surface area contributed by atoms with Gasteiger partial charge in [0, 0.05) is 51.0 Å². The van der Waals surface area contributed by atoms with Gasteiger partial charge in [-0.2, -0.15) is 5.26 Å². The van der Waals surface area contributed by atoms with Gasteiger partial charge in [-0.1, -0.05) is 48.3 Å². The molecular weight excluding hydrogens is 404 g/mol. The van der Waals surface area contributed by atoms with E-state index in [2.05, 4.69) is 13.8 Å². The Labute approximate surface area is 184 Å². The third-order valence-electron chi connectivity index (χ3n) is 3.16. The average Bonchev–Trinajstić information content (AvgIpc) is 2.48. The second-order valence-electron chi connectivity index (χ2n) is 5.58. The molecule has 0 aliphatic heterocycles. The Morgan fingerprint density at radius 3 is 1.85 bits per heavy atom. The molecule has 3 nitrogen and oxygen atoms in total. The topological polar surface area (TPSA) is 45.8 Å². The Kier molecular flexibility index (Phi) is 19.8. The fraction of sp³-hybridized carbons (Fsp3) is 0.429. The standard InChI is InChI=1S/C9H11F.C9H10N2O.3CH4.Y/c1-7(2)8-3-5-9(10)6-4-8;1-7(2)11-6-8(5-10)3-4-9(11)12;;;;/h3-7H,1-2H3;3-4,6-7H,1-2H3;3*1H4;. The first-order chi connectivity index (χ1) is 10.3. The Morgan fingerprint density at radius 1 is 0.962 bits per heavy atom. The molecule has 5 heteroatoms. The number of aromatic nitrogens is 1. The molecule has 1 radical (unpaired) electrons. The molecule has 1 heterocycles. The van der Waals surface area contributed by atoms with Gasteiger partial charge in [0.1, 0.15) is 11.9 Å². The molecule has 0 saturated carbocycles. The third-order valence-corrected chi connectivity index (χ3v) is 3.16. The number of rotatable bonds is 2. The molecule has 0 aliphatic carbocycles. The maximum Gasteiger partial charge on any atom is 0.250 e. The van der Waals surface area contributed by atoms with Crippen LogP contribution in [0.1, 0.15) is 73.1 Å². The second kappa shape index (κ2) is 15.9. The average molecular weight is 437 g/mol. The predicted molar refractivity (Wildman–Crippen MR) is 106 cm³/mol. The zero-order valence-corrected chi connectivity index (χ0v) is 16.8. The monoisotopic (exact) mass is 437 g/mol. The van der Waals surface area contributed by atoms with E-state index >= 15 is 0 Å². The SMILES string of the molecule is C.C.C.CC(C)c1ccc(F)cc1.CC(C)n1cc(C#N)ccc1=O.[Y]. The summed E-state index contributed by atoms with van der Waals surface area (Å²) < 4.78 is 13.9. The van der Waals surface area contributed by atoms with Crippen LogP contribution in [0, 0.1) is 17.1 Å². The maximum atomic E-state index is 12.4. The molecule has 0 bridgehead atoms. The van der Waals surface area contributed by atoms with Crippen molar-refractivity contribution in [2.75, 3.05) is 0 Å². The van der Waals surface area contributed by atoms with Gasteiger partial charge in [-0.05, 0) is 43.5 Å². The minimum atomic E-state index is -0.163. The number of halogens is 1. The number of benzene rings is 1. The molecule has 1 aromatic carbocycles. The van der Waals surface area contributed by atoms with Crippen molar-refractivity contribution >= 4 is 0 Å². The van der Waals surface area contributed by atoms with Crippen molar-refractivity contribution in [3.63, 3.8) is 0 Å². The van der Waals surface area contributed by atoms with Crippen molar-refractivity contribution in [1.29, 1.82) is 5.26 Å². The summed E-state index contributed by atoms with van der Waals surface area (Å²) in [6, 6.07) is 11.7. The summed E-state index contributed by atoms with van der Waals surface area (Å²) in [6.07, 6.45) is 1.58. The Balaban J connectivity index is -0.000000163. The van der Waals surface area contributed by atoms with E-state index in [1.54, 1.807) is 10.8 Å². The molecule has 0 atom stereocenters. The van der Waals surface area contributed by atoms with Gasteiger partial charge in [-0.25, -0.2) is 4.39 Å². The molecule has 0 saturated heterocycles. The van der Waals surface area contributed by atoms with Crippen LogP contribution < -0.4 is 5.56 Å². The molecule has 0 spiro atoms. The molecule has 26 heavy (non-hydrogen) atoms. The van der Waals surface area contributed by atoms with Crippen molar-refractivity contribution in [3.05, 3.63) is 69.9 Å². The van der Waals surface area contributed by atoms with Crippen molar-refractivity contribution in [2.45, 2.75) is 61.9 Å². The molecule has 2 aromatic rings. The smallest absolute Gasteiger partial charge is 0.250 e. The van der Waals surface area contributed by atoms with Crippen LogP contribution in [-0.4, -0.2) is 4.57 Å². The summed E-state index contributed by atoms with van der Waals surface area (Å²) in [5.74, 6) is 0.324. The van der Waals surface area contributed by atoms with Crippen LogP contribution in [0.15, 0.2) is 47.4 Å². The first kappa shape index (κ1) is 32.4. The second-order valence-corrected chi connectivity index (χ2v) is 5.58. The van der Waals surface area contributed by atoms with Crippen LogP contribution in [-0.2, 0) is 32.7 Å². The number of nitriles is 1. The summed E-state index contributed by atoms with van der Waals surface area (Å²) in [7, 11) is 0. The first-order valence-corrected chi connectivity index (χ1v) is 7.23. The zero-order chi connectivity index (χ0) is 16.7. The summed E-state index contributed by atoms with van der Waals surface area (Å²) in [5.41, 5.74) is 1.63. The molecule has 0 aliphatic rings. The number of pyridine rings is 1. The molecule has 0 unspecified atom stereocenters. The largest absolute Gasteiger partial charge is 0.312 e. The van der Waals surface area contributed by atoms with Gasteiger partial charge in [-0.15, -0.1) is 0 Å². The van der Waals surface area contributed by atoms with Crippen molar-refractivity contribution in [1.82, 2.24) is 4.57 Å². The van der Waals surface area contributed by atoms with Crippen LogP contribution in [0.2, 0.25) is 0 Å². The van der Waals surface area contributed by atoms with Gasteiger partial charge in [0.15, 0.2) is 0 Å². The molecular formula is C21H33FN2OY. The number of hydrogen-bond donors (Lipinski definition) is 0. The Bertz CT molecular complexity index is 701. The van der Waals surface area contributed by atoms with Crippen LogP contribution in [0.4, 0.5) is 4.39 Å². The Morgan fingerprint density at radius 2 is 1.46 bits per heavy atom. The normalized spacial score (nSPS) is 8.54. The van der Waals surface area contributed by atoms with Gasteiger partial charge in [0.25, 0.3) is 5.56 Å². The third kappa shape index (κ3) is 10.6.